The van der Waals surface area contributed by atoms with Gasteiger partial charge in [0.15, 0.2) is 0 Å². The monoisotopic (exact) mass is 1360 g/mol. The quantitative estimate of drug-likeness (QED) is 0.156. The van der Waals surface area contributed by atoms with E-state index in [9.17, 15) is 0 Å². The maximum Gasteiger partial charge on any atom is 0.252 e. The topological polar surface area (TPSA) is 42.6 Å². The first-order chi connectivity index (χ1) is 50.2. The largest absolute Gasteiger partial charge is 0.456 e. The van der Waals surface area contributed by atoms with Crippen LogP contribution in [0, 0.1) is 0 Å². The first kappa shape index (κ1) is 64.6. The Kier molecular flexibility index (Phi) is 13.9. The molecule has 2 aliphatic rings. The van der Waals surface area contributed by atoms with Gasteiger partial charge in [0.05, 0.1) is 44.2 Å². The molecule has 0 unspecified atom stereocenters. The average Bonchev–Trinajstić information content (AvgIpc) is 1.51. The van der Waals surface area contributed by atoms with Crippen molar-refractivity contribution in [2.45, 2.75) is 131 Å². The number of rotatable bonds is 6. The van der Waals surface area contributed by atoms with E-state index < -0.39 is 0 Å². The highest BCUT2D eigenvalue weighted by molar-refractivity contribution is 7.00. The zero-order valence-electron chi connectivity index (χ0n) is 62.9. The van der Waals surface area contributed by atoms with E-state index in [1.54, 1.807) is 0 Å². The standard InChI is InChI=1S/C98H87BN4O2/c1-94(2,3)60-34-44-77-71(50-60)72-51-61(95(4,5)6)35-45-78(72)100(77)65-38-42-75-81(56-65)102(92-67(58-26-18-16-19-27-58)40-48-87-89(92)69-30-22-24-32-85(69)104-87)83-54-64(98(13,14)15)55-84-91(83)99(75)76-43-39-66(101-79-46-36-62(96(7,8)9)52-73(79)74-53-63(97(10,11)12)37-47-80(74)101)57-82(76)103(84)93-68(59-28-20-17-21-29-59)41-49-88-90(93)70-31-23-25-33-86(70)105-88/h16-57H,1-15H3. The van der Waals surface area contributed by atoms with Crippen LogP contribution >= 0.6 is 0 Å². The van der Waals surface area contributed by atoms with E-state index in [4.69, 9.17) is 8.83 Å². The van der Waals surface area contributed by atoms with Crippen molar-refractivity contribution in [3.63, 3.8) is 0 Å². The number of benzene rings is 13. The Morgan fingerprint density at radius 1 is 0.267 bits per heavy atom. The van der Waals surface area contributed by atoms with Crippen molar-refractivity contribution in [2.24, 2.45) is 0 Å². The summed E-state index contributed by atoms with van der Waals surface area (Å²) in [5, 5.41) is 9.26. The van der Waals surface area contributed by atoms with E-state index in [0.29, 0.717) is 0 Å². The highest BCUT2D eigenvalue weighted by Gasteiger charge is 2.47. The first-order valence-corrected chi connectivity index (χ1v) is 37.5. The predicted octanol–water partition coefficient (Wildman–Crippen LogP) is 25.6. The smallest absolute Gasteiger partial charge is 0.252 e. The molecule has 0 saturated carbocycles. The first-order valence-electron chi connectivity index (χ1n) is 37.5. The summed E-state index contributed by atoms with van der Waals surface area (Å²) in [6, 6.07) is 97.2. The number of hydrogen-bond donors (Lipinski definition) is 0. The zero-order chi connectivity index (χ0) is 72.3. The molecular weight excluding hydrogens is 1280 g/mol. The molecule has 0 fully saturated rings. The molecule has 0 N–H and O–H groups in total. The molecule has 0 radical (unpaired) electrons. The lowest BCUT2D eigenvalue weighted by atomic mass is 9.33. The van der Waals surface area contributed by atoms with Gasteiger partial charge in [0.1, 0.15) is 22.3 Å². The van der Waals surface area contributed by atoms with Crippen molar-refractivity contribution in [1.29, 1.82) is 0 Å². The summed E-state index contributed by atoms with van der Waals surface area (Å²) in [4.78, 5) is 5.36. The van der Waals surface area contributed by atoms with Crippen LogP contribution in [-0.2, 0) is 27.1 Å². The number of hydrogen-bond acceptors (Lipinski definition) is 4. The van der Waals surface area contributed by atoms with Crippen LogP contribution in [0.3, 0.4) is 0 Å². The van der Waals surface area contributed by atoms with Crippen LogP contribution in [0.5, 0.6) is 0 Å². The second kappa shape index (κ2) is 22.6. The van der Waals surface area contributed by atoms with Gasteiger partial charge in [0.25, 0.3) is 6.71 Å². The Bertz CT molecular complexity index is 5970. The highest BCUT2D eigenvalue weighted by atomic mass is 16.3. The number of para-hydroxylation sites is 2. The molecule has 7 heteroatoms. The van der Waals surface area contributed by atoms with E-state index >= 15 is 0 Å². The van der Waals surface area contributed by atoms with Crippen molar-refractivity contribution < 1.29 is 8.83 Å². The maximum atomic E-state index is 7.08. The van der Waals surface area contributed by atoms with Crippen molar-refractivity contribution in [3.05, 3.63) is 283 Å². The number of anilines is 6. The molecule has 4 aromatic heterocycles. The molecule has 0 amide bonds. The molecule has 105 heavy (non-hydrogen) atoms. The van der Waals surface area contributed by atoms with Gasteiger partial charge in [-0.05, 0) is 204 Å². The maximum absolute atomic E-state index is 7.08. The SMILES string of the molecule is CC(C)(C)c1cc2c3c(c1)N(c1c(-c4ccccc4)ccc4oc5ccccc5c14)c1cc(-n4c5ccc(C(C)(C)C)cc5c5cc(C(C)(C)C)ccc54)ccc1B3c1ccc(-n3c4ccc(C(C)(C)C)cc4c4cc(C(C)(C)C)ccc43)cc1N2c1c(-c2ccccc2)ccc2oc3ccccc3c12. The number of nitrogens with zero attached hydrogens (tertiary/aromatic N) is 4. The van der Waals surface area contributed by atoms with Gasteiger partial charge in [-0.15, -0.1) is 0 Å². The van der Waals surface area contributed by atoms with Gasteiger partial charge in [-0.2, -0.15) is 0 Å². The molecule has 0 atom stereocenters. The molecule has 13 aromatic carbocycles. The molecule has 0 spiro atoms. The van der Waals surface area contributed by atoms with Gasteiger partial charge in [0.2, 0.25) is 0 Å². The molecule has 0 bridgehead atoms. The molecular formula is C98H87BN4O2. The average molecular weight is 1360 g/mol. The summed E-state index contributed by atoms with van der Waals surface area (Å²) >= 11 is 0. The number of furan rings is 2. The Morgan fingerprint density at radius 2 is 0.600 bits per heavy atom. The van der Waals surface area contributed by atoms with Crippen LogP contribution in [0.4, 0.5) is 34.1 Å². The van der Waals surface area contributed by atoms with Crippen LogP contribution in [0.2, 0.25) is 0 Å². The van der Waals surface area contributed by atoms with Crippen LogP contribution in [0.1, 0.15) is 132 Å². The van der Waals surface area contributed by atoms with Crippen molar-refractivity contribution in [3.8, 4) is 33.6 Å². The normalized spacial score (nSPS) is 13.6. The molecule has 0 saturated heterocycles. The third-order valence-electron chi connectivity index (χ3n) is 23.1. The summed E-state index contributed by atoms with van der Waals surface area (Å²) in [6.45, 7) is 34.8. The van der Waals surface area contributed by atoms with Crippen molar-refractivity contribution in [1.82, 2.24) is 9.13 Å². The minimum atomic E-state index is -0.350. The molecule has 19 rings (SSSR count). The predicted molar refractivity (Wildman–Crippen MR) is 448 cm³/mol. The fourth-order valence-corrected chi connectivity index (χ4v) is 17.4. The van der Waals surface area contributed by atoms with E-state index in [-0.39, 0.29) is 33.8 Å². The third-order valence-corrected chi connectivity index (χ3v) is 23.1. The van der Waals surface area contributed by atoms with Crippen LogP contribution in [-0.4, -0.2) is 15.8 Å². The van der Waals surface area contributed by atoms with Crippen LogP contribution in [0.15, 0.2) is 264 Å². The second-order valence-corrected chi connectivity index (χ2v) is 35.0. The third kappa shape index (κ3) is 9.97. The van der Waals surface area contributed by atoms with Crippen LogP contribution < -0.4 is 26.2 Å². The molecule has 6 nitrogen and oxygen atoms in total. The van der Waals surface area contributed by atoms with E-state index in [1.807, 2.05) is 0 Å². The van der Waals surface area contributed by atoms with E-state index in [1.165, 1.54) is 87.8 Å². The fraction of sp³-hybridized carbons (Fsp3) is 0.204. The lowest BCUT2D eigenvalue weighted by molar-refractivity contribution is 0.590. The summed E-state index contributed by atoms with van der Waals surface area (Å²) in [5.74, 6) is 0. The summed E-state index contributed by atoms with van der Waals surface area (Å²) in [7, 11) is 0. The van der Waals surface area contributed by atoms with Gasteiger partial charge >= 0.3 is 0 Å². The Balaban J connectivity index is 0.987. The molecule has 2 aliphatic heterocycles. The summed E-state index contributed by atoms with van der Waals surface area (Å²) in [5.41, 5.74) is 30.7. The Labute approximate surface area is 615 Å². The van der Waals surface area contributed by atoms with Crippen molar-refractivity contribution in [2.75, 3.05) is 9.80 Å². The lowest BCUT2D eigenvalue weighted by Crippen LogP contribution is -2.61. The van der Waals surface area contributed by atoms with Crippen LogP contribution in [0.25, 0.3) is 121 Å². The van der Waals surface area contributed by atoms with Crippen molar-refractivity contribution >= 4 is 145 Å². The number of fused-ring (bicyclic) bond motifs is 16. The number of aromatic nitrogens is 2. The second-order valence-electron chi connectivity index (χ2n) is 35.0. The zero-order valence-corrected chi connectivity index (χ0v) is 62.9. The minimum absolute atomic E-state index is 0.0617. The highest BCUT2D eigenvalue weighted by Crippen LogP contribution is 2.56. The molecule has 514 valence electrons. The van der Waals surface area contributed by atoms with Gasteiger partial charge in [-0.25, -0.2) is 0 Å². The van der Waals surface area contributed by atoms with Gasteiger partial charge < -0.3 is 27.8 Å². The van der Waals surface area contributed by atoms with Gasteiger partial charge in [-0.3, -0.25) is 0 Å². The van der Waals surface area contributed by atoms with E-state index in [2.05, 4.69) is 378 Å². The minimum Gasteiger partial charge on any atom is -0.456 e. The van der Waals surface area contributed by atoms with E-state index in [0.717, 1.165) is 112 Å². The van der Waals surface area contributed by atoms with Gasteiger partial charge in [-0.1, -0.05) is 237 Å². The lowest BCUT2D eigenvalue weighted by Gasteiger charge is -2.46. The summed E-state index contributed by atoms with van der Waals surface area (Å²) in [6.07, 6.45) is 0. The molecule has 0 aliphatic carbocycles. The Hall–Kier alpha value is -11.3. The van der Waals surface area contributed by atoms with Gasteiger partial charge in [0, 0.05) is 77.6 Å². The Morgan fingerprint density at radius 3 is 0.943 bits per heavy atom. The molecule has 6 heterocycles. The molecule has 17 aromatic rings. The fourth-order valence-electron chi connectivity index (χ4n) is 17.4. The summed E-state index contributed by atoms with van der Waals surface area (Å²) < 4.78 is 19.3.